The van der Waals surface area contributed by atoms with Crippen molar-refractivity contribution in [1.29, 1.82) is 5.26 Å². The van der Waals surface area contributed by atoms with E-state index in [1.165, 1.54) is 16.4 Å². The number of nitriles is 1. The fraction of sp³-hybridized carbons (Fsp3) is 0.579. The van der Waals surface area contributed by atoms with Gasteiger partial charge in [-0.2, -0.15) is 5.26 Å². The second-order valence-corrected chi connectivity index (χ2v) is 8.15. The predicted octanol–water partition coefficient (Wildman–Crippen LogP) is 4.41. The van der Waals surface area contributed by atoms with Gasteiger partial charge in [0, 0.05) is 50.7 Å². The molecular weight excluding hydrogens is 350 g/mol. The van der Waals surface area contributed by atoms with Crippen molar-refractivity contribution >= 4 is 18.2 Å². The van der Waals surface area contributed by atoms with Crippen LogP contribution < -0.4 is 9.47 Å². The molecule has 0 saturated carbocycles. The molecule has 0 fully saturated rings. The van der Waals surface area contributed by atoms with Crippen molar-refractivity contribution < 1.29 is 14.3 Å². The predicted molar refractivity (Wildman–Crippen MR) is 103 cm³/mol. The van der Waals surface area contributed by atoms with Gasteiger partial charge in [-0.1, -0.05) is 25.5 Å². The van der Waals surface area contributed by atoms with Gasteiger partial charge in [-0.15, -0.1) is 0 Å². The van der Waals surface area contributed by atoms with E-state index in [0.29, 0.717) is 24.5 Å². The summed E-state index contributed by atoms with van der Waals surface area (Å²) in [6, 6.07) is 7.77. The van der Waals surface area contributed by atoms with Crippen molar-refractivity contribution in [3.05, 3.63) is 23.8 Å². The lowest BCUT2D eigenvalue weighted by atomic mass is 10.0. The van der Waals surface area contributed by atoms with E-state index in [0.717, 1.165) is 31.4 Å². The first kappa shape index (κ1) is 20.4. The molecule has 0 radical (unpaired) electrons. The molecule has 7 heteroatoms. The molecular formula is C19H27N3O3S. The quantitative estimate of drug-likeness (QED) is 0.625. The van der Waals surface area contributed by atoms with Crippen molar-refractivity contribution in [2.45, 2.75) is 52.1 Å². The van der Waals surface area contributed by atoms with E-state index in [-0.39, 0.29) is 5.60 Å². The van der Waals surface area contributed by atoms with Crippen LogP contribution in [-0.4, -0.2) is 40.4 Å². The monoisotopic (exact) mass is 377 g/mol. The minimum atomic E-state index is -0.463. The van der Waals surface area contributed by atoms with Gasteiger partial charge in [-0.3, -0.25) is 0 Å². The zero-order valence-corrected chi connectivity index (χ0v) is 16.8. The van der Waals surface area contributed by atoms with Crippen molar-refractivity contribution in [3.8, 4) is 17.6 Å². The molecule has 1 aromatic rings. The molecule has 0 N–H and O–H groups in total. The van der Waals surface area contributed by atoms with Gasteiger partial charge >= 0.3 is 6.09 Å². The number of hydrogen-bond donors (Lipinski definition) is 0. The summed E-state index contributed by atoms with van der Waals surface area (Å²) in [5, 5.41) is 8.81. The number of para-hydroxylation sites is 1. The Bertz CT molecular complexity index is 672. The zero-order valence-electron chi connectivity index (χ0n) is 15.9. The molecule has 26 heavy (non-hydrogen) atoms. The van der Waals surface area contributed by atoms with E-state index in [9.17, 15) is 4.79 Å². The molecule has 0 aliphatic carbocycles. The summed E-state index contributed by atoms with van der Waals surface area (Å²) >= 11 is 1.29. The van der Waals surface area contributed by atoms with Crippen LogP contribution >= 0.6 is 12.1 Å². The molecule has 6 nitrogen and oxygen atoms in total. The van der Waals surface area contributed by atoms with E-state index in [1.54, 1.807) is 13.1 Å². The average Bonchev–Trinajstić information content (AvgIpc) is 2.92. The van der Waals surface area contributed by atoms with Gasteiger partial charge in [-0.25, -0.2) is 13.4 Å². The topological polar surface area (TPSA) is 65.8 Å². The normalized spacial score (nSPS) is 14.5. The Kier molecular flexibility index (Phi) is 7.18. The number of hydrogen-bond acceptors (Lipinski definition) is 6. The molecule has 1 amide bonds. The molecule has 0 bridgehead atoms. The molecule has 1 aliphatic rings. The second kappa shape index (κ2) is 9.15. The van der Waals surface area contributed by atoms with Crippen LogP contribution in [0.1, 0.15) is 45.6 Å². The summed E-state index contributed by atoms with van der Waals surface area (Å²) in [5.41, 5.74) is 0.758. The third-order valence-electron chi connectivity index (χ3n) is 3.98. The Hall–Kier alpha value is -1.91. The first-order valence-electron chi connectivity index (χ1n) is 8.92. The Labute approximate surface area is 160 Å². The van der Waals surface area contributed by atoms with E-state index in [2.05, 4.69) is 13.0 Å². The smallest absolute Gasteiger partial charge is 0.426 e. The van der Waals surface area contributed by atoms with Crippen LogP contribution in [0.3, 0.4) is 0 Å². The summed E-state index contributed by atoms with van der Waals surface area (Å²) in [7, 11) is 1.67. The van der Waals surface area contributed by atoms with Gasteiger partial charge in [0.05, 0.1) is 6.07 Å². The Morgan fingerprint density at radius 1 is 1.42 bits per heavy atom. The van der Waals surface area contributed by atoms with Crippen LogP contribution in [-0.2, 0) is 6.42 Å². The highest BCUT2D eigenvalue weighted by atomic mass is 32.2. The number of unbranched alkanes of at least 4 members (excludes halogenated alkanes) is 1. The lowest BCUT2D eigenvalue weighted by Gasteiger charge is -2.25. The van der Waals surface area contributed by atoms with Crippen molar-refractivity contribution in [3.63, 3.8) is 0 Å². The van der Waals surface area contributed by atoms with Gasteiger partial charge in [0.2, 0.25) is 0 Å². The molecule has 1 aromatic carbocycles. The van der Waals surface area contributed by atoms with E-state index in [1.807, 2.05) is 30.3 Å². The van der Waals surface area contributed by atoms with Gasteiger partial charge in [0.1, 0.15) is 5.60 Å². The molecule has 0 spiro atoms. The van der Waals surface area contributed by atoms with E-state index < -0.39 is 6.09 Å². The maximum atomic E-state index is 12.5. The maximum Gasteiger partial charge on any atom is 0.426 e. The maximum absolute atomic E-state index is 12.5. The fourth-order valence-electron chi connectivity index (χ4n) is 2.74. The number of amides is 1. The number of nitrogens with zero attached hydrogens (tertiary/aromatic N) is 3. The number of rotatable bonds is 8. The van der Waals surface area contributed by atoms with Gasteiger partial charge < -0.3 is 9.47 Å². The molecule has 1 aliphatic heterocycles. The number of benzene rings is 1. The minimum absolute atomic E-state index is 0.292. The highest BCUT2D eigenvalue weighted by Crippen LogP contribution is 2.42. The van der Waals surface area contributed by atoms with Gasteiger partial charge in [0.25, 0.3) is 0 Å². The molecule has 0 aromatic heterocycles. The van der Waals surface area contributed by atoms with Crippen LogP contribution in [0.2, 0.25) is 0 Å². The molecule has 0 unspecified atom stereocenters. The summed E-state index contributed by atoms with van der Waals surface area (Å²) < 4.78 is 15.0. The number of fused-ring (bicyclic) bond motifs is 1. The second-order valence-electron chi connectivity index (χ2n) is 6.92. The highest BCUT2D eigenvalue weighted by Gasteiger charge is 2.33. The Morgan fingerprint density at radius 2 is 2.19 bits per heavy atom. The van der Waals surface area contributed by atoms with Crippen LogP contribution in [0.5, 0.6) is 11.5 Å². The standard InChI is InChI=1S/C19H27N3O3S/c1-5-6-12-22(13-8-11-20)26-21(4)18(23)24-16-10-7-9-15-14-19(2,3)25-17(15)16/h7,9-10H,5-6,8,12-14H2,1-4H3. The number of carbonyl (C=O) groups is 1. The highest BCUT2D eigenvalue weighted by molar-refractivity contribution is 7.95. The average molecular weight is 378 g/mol. The SMILES string of the molecule is CCCCN(CCC#N)SN(C)C(=O)Oc1cccc2c1OC(C)(C)C2. The van der Waals surface area contributed by atoms with Crippen molar-refractivity contribution in [1.82, 2.24) is 8.61 Å². The van der Waals surface area contributed by atoms with Crippen LogP contribution in [0.25, 0.3) is 0 Å². The summed E-state index contributed by atoms with van der Waals surface area (Å²) in [6.07, 6.45) is 2.82. The summed E-state index contributed by atoms with van der Waals surface area (Å²) in [6.45, 7) is 7.57. The third kappa shape index (κ3) is 5.55. The Balaban J connectivity index is 1.99. The molecule has 0 atom stereocenters. The molecule has 142 valence electrons. The molecule has 1 heterocycles. The number of carbonyl (C=O) groups excluding carboxylic acids is 1. The Morgan fingerprint density at radius 3 is 2.88 bits per heavy atom. The van der Waals surface area contributed by atoms with Gasteiger partial charge in [-0.05, 0) is 26.3 Å². The first-order valence-corrected chi connectivity index (χ1v) is 9.65. The first-order chi connectivity index (χ1) is 12.4. The van der Waals surface area contributed by atoms with Crippen LogP contribution in [0.4, 0.5) is 4.79 Å². The van der Waals surface area contributed by atoms with E-state index in [4.69, 9.17) is 14.7 Å². The van der Waals surface area contributed by atoms with Crippen molar-refractivity contribution in [2.24, 2.45) is 0 Å². The lowest BCUT2D eigenvalue weighted by molar-refractivity contribution is 0.131. The third-order valence-corrected chi connectivity index (χ3v) is 4.97. The lowest BCUT2D eigenvalue weighted by Crippen LogP contribution is -2.30. The van der Waals surface area contributed by atoms with Crippen LogP contribution in [0.15, 0.2) is 18.2 Å². The van der Waals surface area contributed by atoms with Crippen LogP contribution in [0, 0.1) is 11.3 Å². The molecule has 2 rings (SSSR count). The fourth-order valence-corrected chi connectivity index (χ4v) is 3.57. The zero-order chi connectivity index (χ0) is 19.2. The van der Waals surface area contributed by atoms with Crippen molar-refractivity contribution in [2.75, 3.05) is 20.1 Å². The number of ether oxygens (including phenoxy) is 2. The molecule has 0 saturated heterocycles. The van der Waals surface area contributed by atoms with Gasteiger partial charge in [0.15, 0.2) is 11.5 Å². The summed E-state index contributed by atoms with van der Waals surface area (Å²) in [5.74, 6) is 1.10. The van der Waals surface area contributed by atoms with E-state index >= 15 is 0 Å². The minimum Gasteiger partial charge on any atom is -0.483 e. The largest absolute Gasteiger partial charge is 0.483 e. The summed E-state index contributed by atoms with van der Waals surface area (Å²) in [4.78, 5) is 12.5.